The minimum absolute atomic E-state index is 0.165. The predicted octanol–water partition coefficient (Wildman–Crippen LogP) is 2.32. The summed E-state index contributed by atoms with van der Waals surface area (Å²) in [5.41, 5.74) is 1.77. The van der Waals surface area contributed by atoms with E-state index in [2.05, 4.69) is 15.3 Å². The molecule has 2 aromatic rings. The molecule has 1 aliphatic heterocycles. The van der Waals surface area contributed by atoms with Crippen molar-refractivity contribution in [3.8, 4) is 0 Å². The maximum absolute atomic E-state index is 14.0. The molecule has 0 radical (unpaired) electrons. The smallest absolute Gasteiger partial charge is 0.262 e. The van der Waals surface area contributed by atoms with E-state index < -0.39 is 12.0 Å². The minimum Gasteiger partial charge on any atom is -0.421 e. The van der Waals surface area contributed by atoms with Crippen LogP contribution in [0.15, 0.2) is 10.6 Å². The number of aromatic nitrogens is 4. The monoisotopic (exact) mass is 341 g/mol. The van der Waals surface area contributed by atoms with Gasteiger partial charge in [-0.3, -0.25) is 9.58 Å². The average molecular weight is 341 g/mol. The Kier molecular flexibility index (Phi) is 4.64. The van der Waals surface area contributed by atoms with Gasteiger partial charge in [0.05, 0.1) is 18.3 Å². The Balaban J connectivity index is 1.81. The first-order valence-electron chi connectivity index (χ1n) is 7.88. The third-order valence-corrected chi connectivity index (χ3v) is 4.15. The summed E-state index contributed by atoms with van der Waals surface area (Å²) in [6.07, 6.45) is 1.57. The Bertz CT molecular complexity index is 700. The van der Waals surface area contributed by atoms with Gasteiger partial charge < -0.3 is 9.15 Å². The second kappa shape index (κ2) is 6.56. The molecular weight excluding hydrogens is 320 g/mol. The van der Waals surface area contributed by atoms with Crippen molar-refractivity contribution in [1.82, 2.24) is 24.9 Å². The molecule has 7 nitrogen and oxygen atoms in total. The normalized spacial score (nSPS) is 20.8. The van der Waals surface area contributed by atoms with Gasteiger partial charge in [0, 0.05) is 38.4 Å². The molecule has 1 saturated heterocycles. The van der Waals surface area contributed by atoms with E-state index in [1.54, 1.807) is 9.58 Å². The number of hydrogen-bond donors (Lipinski definition) is 0. The molecule has 0 aliphatic carbocycles. The summed E-state index contributed by atoms with van der Waals surface area (Å²) in [7, 11) is 1.51. The van der Waals surface area contributed by atoms with Crippen LogP contribution >= 0.6 is 0 Å². The van der Waals surface area contributed by atoms with Crippen LogP contribution in [0.4, 0.5) is 8.78 Å². The molecule has 0 amide bonds. The van der Waals surface area contributed by atoms with Crippen molar-refractivity contribution in [1.29, 1.82) is 0 Å². The summed E-state index contributed by atoms with van der Waals surface area (Å²) in [5, 5.41) is 12.1. The summed E-state index contributed by atoms with van der Waals surface area (Å²) in [5.74, 6) is -2.28. The first-order chi connectivity index (χ1) is 11.4. The SMILES string of the molecule is CCn1cc(CN2CC(F)(F)C[C@H]2c2nnc(COC)o2)c(C)n1. The lowest BCUT2D eigenvalue weighted by Gasteiger charge is -2.20. The van der Waals surface area contributed by atoms with Gasteiger partial charge in [-0.1, -0.05) is 0 Å². The fourth-order valence-corrected chi connectivity index (χ4v) is 2.97. The molecule has 1 atom stereocenters. The molecule has 1 fully saturated rings. The van der Waals surface area contributed by atoms with Crippen molar-refractivity contribution in [2.24, 2.45) is 0 Å². The summed E-state index contributed by atoms with van der Waals surface area (Å²) in [6.45, 7) is 4.81. The first kappa shape index (κ1) is 17.0. The van der Waals surface area contributed by atoms with Gasteiger partial charge in [-0.25, -0.2) is 8.78 Å². The van der Waals surface area contributed by atoms with Crippen molar-refractivity contribution < 1.29 is 17.9 Å². The molecular formula is C15H21F2N5O2. The highest BCUT2D eigenvalue weighted by Gasteiger charge is 2.47. The number of methoxy groups -OCH3 is 1. The lowest BCUT2D eigenvalue weighted by molar-refractivity contribution is 0.0112. The van der Waals surface area contributed by atoms with Crippen LogP contribution in [0.25, 0.3) is 0 Å². The van der Waals surface area contributed by atoms with E-state index in [9.17, 15) is 8.78 Å². The molecule has 132 valence electrons. The van der Waals surface area contributed by atoms with E-state index in [-0.39, 0.29) is 31.4 Å². The molecule has 3 rings (SSSR count). The topological polar surface area (TPSA) is 69.2 Å². The molecule has 0 bridgehead atoms. The third kappa shape index (κ3) is 3.46. The largest absolute Gasteiger partial charge is 0.421 e. The number of rotatable bonds is 6. The van der Waals surface area contributed by atoms with Gasteiger partial charge in [-0.15, -0.1) is 10.2 Å². The molecule has 3 heterocycles. The predicted molar refractivity (Wildman–Crippen MR) is 80.4 cm³/mol. The molecule has 24 heavy (non-hydrogen) atoms. The standard InChI is InChI=1S/C15H21F2N5O2/c1-4-22-7-11(10(2)20-22)6-21-9-15(16,17)5-12(21)14-19-18-13(24-14)8-23-3/h7,12H,4-6,8-9H2,1-3H3/t12-/m0/s1. The second-order valence-corrected chi connectivity index (χ2v) is 6.04. The minimum atomic E-state index is -2.78. The Labute approximate surface area is 138 Å². The highest BCUT2D eigenvalue weighted by atomic mass is 19.3. The van der Waals surface area contributed by atoms with Gasteiger partial charge in [-0.2, -0.15) is 5.10 Å². The van der Waals surface area contributed by atoms with Gasteiger partial charge in [-0.05, 0) is 13.8 Å². The summed E-state index contributed by atoms with van der Waals surface area (Å²) in [6, 6.07) is -0.609. The molecule has 0 aromatic carbocycles. The summed E-state index contributed by atoms with van der Waals surface area (Å²) >= 11 is 0. The van der Waals surface area contributed by atoms with Crippen molar-refractivity contribution in [3.05, 3.63) is 29.2 Å². The third-order valence-electron chi connectivity index (χ3n) is 4.15. The Hall–Kier alpha value is -1.87. The highest BCUT2D eigenvalue weighted by molar-refractivity contribution is 5.16. The fraction of sp³-hybridized carbons (Fsp3) is 0.667. The van der Waals surface area contributed by atoms with Gasteiger partial charge in [0.15, 0.2) is 0 Å². The molecule has 0 saturated carbocycles. The second-order valence-electron chi connectivity index (χ2n) is 6.04. The highest BCUT2D eigenvalue weighted by Crippen LogP contribution is 2.41. The van der Waals surface area contributed by atoms with Crippen molar-refractivity contribution in [3.63, 3.8) is 0 Å². The first-order valence-corrected chi connectivity index (χ1v) is 7.88. The number of ether oxygens (including phenoxy) is 1. The number of aryl methyl sites for hydroxylation is 2. The Morgan fingerprint density at radius 3 is 2.88 bits per heavy atom. The number of hydrogen-bond acceptors (Lipinski definition) is 6. The molecule has 2 aromatic heterocycles. The van der Waals surface area contributed by atoms with Crippen LogP contribution in [0, 0.1) is 6.92 Å². The number of likely N-dealkylation sites (tertiary alicyclic amines) is 1. The number of alkyl halides is 2. The van der Waals surface area contributed by atoms with Gasteiger partial charge in [0.25, 0.3) is 5.92 Å². The van der Waals surface area contributed by atoms with Crippen LogP contribution in [0.1, 0.15) is 42.4 Å². The van der Waals surface area contributed by atoms with Crippen molar-refractivity contribution in [2.75, 3.05) is 13.7 Å². The lowest BCUT2D eigenvalue weighted by atomic mass is 10.2. The maximum Gasteiger partial charge on any atom is 0.262 e. The van der Waals surface area contributed by atoms with Gasteiger partial charge in [0.1, 0.15) is 6.61 Å². The van der Waals surface area contributed by atoms with Crippen LogP contribution in [0.2, 0.25) is 0 Å². The Morgan fingerprint density at radius 1 is 1.42 bits per heavy atom. The molecule has 9 heteroatoms. The maximum atomic E-state index is 14.0. The van der Waals surface area contributed by atoms with Gasteiger partial charge in [0.2, 0.25) is 11.8 Å². The molecule has 0 spiro atoms. The van der Waals surface area contributed by atoms with Crippen LogP contribution in [-0.4, -0.2) is 44.5 Å². The van der Waals surface area contributed by atoms with E-state index in [0.717, 1.165) is 17.8 Å². The Morgan fingerprint density at radius 2 is 2.21 bits per heavy atom. The summed E-state index contributed by atoms with van der Waals surface area (Å²) < 4.78 is 40.2. The fourth-order valence-electron chi connectivity index (χ4n) is 2.97. The van der Waals surface area contributed by atoms with Crippen LogP contribution in [-0.2, 0) is 24.4 Å². The zero-order chi connectivity index (χ0) is 17.3. The molecule has 0 N–H and O–H groups in total. The van der Waals surface area contributed by atoms with E-state index in [1.165, 1.54) is 7.11 Å². The zero-order valence-electron chi connectivity index (χ0n) is 14.0. The van der Waals surface area contributed by atoms with Crippen molar-refractivity contribution in [2.45, 2.75) is 51.9 Å². The average Bonchev–Trinajstić information content (AvgIpc) is 3.19. The van der Waals surface area contributed by atoms with Crippen LogP contribution < -0.4 is 0 Å². The van der Waals surface area contributed by atoms with E-state index >= 15 is 0 Å². The number of halogens is 2. The molecule has 0 unspecified atom stereocenters. The van der Waals surface area contributed by atoms with Gasteiger partial charge >= 0.3 is 0 Å². The van der Waals surface area contributed by atoms with Crippen molar-refractivity contribution >= 4 is 0 Å². The zero-order valence-corrected chi connectivity index (χ0v) is 14.0. The lowest BCUT2D eigenvalue weighted by Crippen LogP contribution is -2.26. The van der Waals surface area contributed by atoms with Crippen LogP contribution in [0.5, 0.6) is 0 Å². The number of nitrogens with zero attached hydrogens (tertiary/aromatic N) is 5. The summed E-state index contributed by atoms with van der Waals surface area (Å²) in [4.78, 5) is 1.67. The van der Waals surface area contributed by atoms with E-state index in [0.29, 0.717) is 6.54 Å². The van der Waals surface area contributed by atoms with E-state index in [4.69, 9.17) is 9.15 Å². The van der Waals surface area contributed by atoms with E-state index in [1.807, 2.05) is 20.0 Å². The van der Waals surface area contributed by atoms with Crippen LogP contribution in [0.3, 0.4) is 0 Å². The molecule has 1 aliphatic rings. The quantitative estimate of drug-likeness (QED) is 0.803.